The topological polar surface area (TPSA) is 94.1 Å². The summed E-state index contributed by atoms with van der Waals surface area (Å²) in [6.45, 7) is 1.80. The Balaban J connectivity index is 1.56. The Bertz CT molecular complexity index is 1190. The second kappa shape index (κ2) is 7.64. The van der Waals surface area contributed by atoms with Crippen LogP contribution in [-0.4, -0.2) is 39.0 Å². The number of aromatic nitrogens is 4. The number of methoxy groups -OCH3 is 1. The average molecular weight is 403 g/mol. The lowest BCUT2D eigenvalue weighted by molar-refractivity contribution is 0.0816. The van der Waals surface area contributed by atoms with Crippen LogP contribution < -0.4 is 10.1 Å². The van der Waals surface area contributed by atoms with Gasteiger partial charge in [0.1, 0.15) is 18.5 Å². The molecule has 0 spiro atoms. The van der Waals surface area contributed by atoms with Gasteiger partial charge in [0.15, 0.2) is 5.78 Å². The van der Waals surface area contributed by atoms with Gasteiger partial charge in [-0.2, -0.15) is 0 Å². The molecular formula is C22H21N5O3. The van der Waals surface area contributed by atoms with E-state index in [9.17, 15) is 4.79 Å². The van der Waals surface area contributed by atoms with Gasteiger partial charge in [0.25, 0.3) is 0 Å². The Morgan fingerprint density at radius 2 is 2.23 bits per heavy atom. The predicted octanol–water partition coefficient (Wildman–Crippen LogP) is 3.33. The quantitative estimate of drug-likeness (QED) is 0.480. The van der Waals surface area contributed by atoms with Crippen molar-refractivity contribution in [1.82, 2.24) is 19.5 Å². The molecule has 5 rings (SSSR count). The summed E-state index contributed by atoms with van der Waals surface area (Å²) in [5.41, 5.74) is 2.91. The number of para-hydroxylation sites is 1. The lowest BCUT2D eigenvalue weighted by Crippen LogP contribution is -2.22. The molecule has 1 aliphatic heterocycles. The number of H-pyrrole nitrogens is 1. The van der Waals surface area contributed by atoms with E-state index in [0.29, 0.717) is 30.4 Å². The molecule has 1 aliphatic rings. The monoisotopic (exact) mass is 403 g/mol. The minimum absolute atomic E-state index is 0.0698. The first kappa shape index (κ1) is 18.4. The highest BCUT2D eigenvalue weighted by molar-refractivity contribution is 6.11. The number of anilines is 1. The molecule has 152 valence electrons. The molecule has 4 heterocycles. The standard InChI is InChI=1S/C22H21N5O3/c1-29-20-10-14(6-7-23-20)25-21(18-12-27-8-9-30-13-19(27)26-18)22(28)16-11-24-17-5-3-2-4-15(16)17/h2-7,10-12,21,24H,8-9,13H2,1H3,(H,23,25). The van der Waals surface area contributed by atoms with E-state index in [1.54, 1.807) is 31.6 Å². The van der Waals surface area contributed by atoms with Crippen molar-refractivity contribution in [2.45, 2.75) is 19.2 Å². The smallest absolute Gasteiger partial charge is 0.214 e. The van der Waals surface area contributed by atoms with Crippen molar-refractivity contribution in [1.29, 1.82) is 0 Å². The van der Waals surface area contributed by atoms with Crippen molar-refractivity contribution in [2.24, 2.45) is 0 Å². The highest BCUT2D eigenvalue weighted by atomic mass is 16.5. The third kappa shape index (κ3) is 3.31. The number of ketones is 1. The number of nitrogens with one attached hydrogen (secondary N) is 2. The first-order valence-electron chi connectivity index (χ1n) is 9.73. The molecule has 4 aromatic rings. The maximum Gasteiger partial charge on any atom is 0.214 e. The van der Waals surface area contributed by atoms with E-state index in [1.165, 1.54) is 0 Å². The number of carbonyl (C=O) groups is 1. The van der Waals surface area contributed by atoms with E-state index in [1.807, 2.05) is 35.0 Å². The van der Waals surface area contributed by atoms with Crippen LogP contribution in [0.15, 0.2) is 55.0 Å². The van der Waals surface area contributed by atoms with Crippen molar-refractivity contribution in [3.8, 4) is 5.88 Å². The van der Waals surface area contributed by atoms with Crippen molar-refractivity contribution < 1.29 is 14.3 Å². The Morgan fingerprint density at radius 3 is 3.10 bits per heavy atom. The van der Waals surface area contributed by atoms with E-state index in [0.717, 1.165) is 29.0 Å². The molecule has 0 saturated heterocycles. The minimum atomic E-state index is -0.672. The Morgan fingerprint density at radius 1 is 1.33 bits per heavy atom. The highest BCUT2D eigenvalue weighted by Gasteiger charge is 2.28. The SMILES string of the molecule is COc1cc(NC(C(=O)c2c[nH]c3ccccc23)c2cn3c(n2)COCC3)ccn1. The van der Waals surface area contributed by atoms with Gasteiger partial charge in [0, 0.05) is 53.4 Å². The van der Waals surface area contributed by atoms with Gasteiger partial charge in [0.05, 0.1) is 19.4 Å². The minimum Gasteiger partial charge on any atom is -0.481 e. The van der Waals surface area contributed by atoms with Gasteiger partial charge in [-0.3, -0.25) is 4.79 Å². The molecule has 0 fully saturated rings. The van der Waals surface area contributed by atoms with Crippen LogP contribution in [0.1, 0.15) is 27.9 Å². The second-order valence-electron chi connectivity index (χ2n) is 7.10. The summed E-state index contributed by atoms with van der Waals surface area (Å²) in [7, 11) is 1.56. The van der Waals surface area contributed by atoms with Crippen LogP contribution >= 0.6 is 0 Å². The van der Waals surface area contributed by atoms with E-state index in [-0.39, 0.29) is 5.78 Å². The first-order valence-corrected chi connectivity index (χ1v) is 9.73. The van der Waals surface area contributed by atoms with Crippen LogP contribution in [0, 0.1) is 0 Å². The number of ether oxygens (including phenoxy) is 2. The van der Waals surface area contributed by atoms with Crippen LogP contribution in [0.25, 0.3) is 10.9 Å². The molecule has 3 aromatic heterocycles. The van der Waals surface area contributed by atoms with Crippen molar-refractivity contribution >= 4 is 22.4 Å². The lowest BCUT2D eigenvalue weighted by atomic mass is 10.0. The van der Waals surface area contributed by atoms with Crippen molar-refractivity contribution in [3.05, 3.63) is 72.1 Å². The fourth-order valence-corrected chi connectivity index (χ4v) is 3.73. The Hall–Kier alpha value is -3.65. The first-order chi connectivity index (χ1) is 14.7. The van der Waals surface area contributed by atoms with Crippen LogP contribution in [0.3, 0.4) is 0 Å². The predicted molar refractivity (Wildman–Crippen MR) is 112 cm³/mol. The van der Waals surface area contributed by atoms with Gasteiger partial charge >= 0.3 is 0 Å². The summed E-state index contributed by atoms with van der Waals surface area (Å²) in [4.78, 5) is 25.7. The zero-order valence-corrected chi connectivity index (χ0v) is 16.5. The van der Waals surface area contributed by atoms with Crippen LogP contribution in [0.4, 0.5) is 5.69 Å². The van der Waals surface area contributed by atoms with Gasteiger partial charge in [0.2, 0.25) is 5.88 Å². The van der Waals surface area contributed by atoms with Crippen LogP contribution in [0.2, 0.25) is 0 Å². The number of aromatic amines is 1. The number of imidazole rings is 1. The van der Waals surface area contributed by atoms with Gasteiger partial charge < -0.3 is 24.3 Å². The summed E-state index contributed by atoms with van der Waals surface area (Å²) in [5, 5.41) is 4.22. The van der Waals surface area contributed by atoms with Gasteiger partial charge in [-0.25, -0.2) is 9.97 Å². The molecule has 2 N–H and O–H groups in total. The summed E-state index contributed by atoms with van der Waals surface area (Å²) in [6.07, 6.45) is 5.33. The largest absolute Gasteiger partial charge is 0.481 e. The molecule has 1 aromatic carbocycles. The molecule has 0 saturated carbocycles. The maximum atomic E-state index is 13.7. The number of hydrogen-bond acceptors (Lipinski definition) is 6. The second-order valence-corrected chi connectivity index (χ2v) is 7.10. The van der Waals surface area contributed by atoms with Crippen molar-refractivity contribution in [2.75, 3.05) is 19.0 Å². The van der Waals surface area contributed by atoms with E-state index in [4.69, 9.17) is 14.5 Å². The van der Waals surface area contributed by atoms with Crippen LogP contribution in [-0.2, 0) is 17.9 Å². The van der Waals surface area contributed by atoms with Crippen LogP contribution in [0.5, 0.6) is 5.88 Å². The number of carbonyl (C=O) groups excluding carboxylic acids is 1. The maximum absolute atomic E-state index is 13.7. The van der Waals surface area contributed by atoms with Gasteiger partial charge in [-0.15, -0.1) is 0 Å². The summed E-state index contributed by atoms with van der Waals surface area (Å²) in [5.74, 6) is 1.22. The fourth-order valence-electron chi connectivity index (χ4n) is 3.73. The molecule has 8 heteroatoms. The Kier molecular flexibility index (Phi) is 4.68. The number of pyridine rings is 1. The molecule has 0 radical (unpaired) electrons. The van der Waals surface area contributed by atoms with E-state index < -0.39 is 6.04 Å². The molecule has 8 nitrogen and oxygen atoms in total. The number of rotatable bonds is 6. The average Bonchev–Trinajstić information content (AvgIpc) is 3.41. The molecule has 0 bridgehead atoms. The zero-order chi connectivity index (χ0) is 20.5. The van der Waals surface area contributed by atoms with Gasteiger partial charge in [-0.1, -0.05) is 18.2 Å². The highest BCUT2D eigenvalue weighted by Crippen LogP contribution is 2.28. The summed E-state index contributed by atoms with van der Waals surface area (Å²) >= 11 is 0. The van der Waals surface area contributed by atoms with Gasteiger partial charge in [-0.05, 0) is 12.1 Å². The molecule has 30 heavy (non-hydrogen) atoms. The number of hydrogen-bond donors (Lipinski definition) is 2. The van der Waals surface area contributed by atoms with E-state index in [2.05, 4.69) is 15.3 Å². The molecular weight excluding hydrogens is 382 g/mol. The zero-order valence-electron chi connectivity index (χ0n) is 16.5. The summed E-state index contributed by atoms with van der Waals surface area (Å²) in [6, 6.07) is 10.7. The normalized spacial score (nSPS) is 14.3. The molecule has 1 atom stereocenters. The third-order valence-electron chi connectivity index (χ3n) is 5.25. The molecule has 0 aliphatic carbocycles. The van der Waals surface area contributed by atoms with Crippen molar-refractivity contribution in [3.63, 3.8) is 0 Å². The number of nitrogens with zero attached hydrogens (tertiary/aromatic N) is 3. The van der Waals surface area contributed by atoms with E-state index >= 15 is 0 Å². The number of Topliss-reactive ketones (excluding diaryl/α,β-unsaturated/α-hetero) is 1. The third-order valence-corrected chi connectivity index (χ3v) is 5.25. The summed E-state index contributed by atoms with van der Waals surface area (Å²) < 4.78 is 12.8. The number of benzene rings is 1. The fraction of sp³-hybridized carbons (Fsp3) is 0.227. The number of fused-ring (bicyclic) bond motifs is 2. The Labute approximate surface area is 172 Å². The lowest BCUT2D eigenvalue weighted by Gasteiger charge is -2.17. The molecule has 0 amide bonds. The molecule has 1 unspecified atom stereocenters.